The fraction of sp³-hybridized carbons (Fsp3) is 0.361. The van der Waals surface area contributed by atoms with E-state index in [-0.39, 0.29) is 34.7 Å². The highest BCUT2D eigenvalue weighted by Gasteiger charge is 2.55. The summed E-state index contributed by atoms with van der Waals surface area (Å²) < 4.78 is 79.3. The van der Waals surface area contributed by atoms with Crippen molar-refractivity contribution in [3.8, 4) is 0 Å². The van der Waals surface area contributed by atoms with E-state index in [9.17, 15) is 45.5 Å². The fourth-order valence-corrected chi connectivity index (χ4v) is 7.34. The van der Waals surface area contributed by atoms with Crippen molar-refractivity contribution in [3.05, 3.63) is 88.9 Å². The number of rotatable bonds is 10. The van der Waals surface area contributed by atoms with Gasteiger partial charge in [-0.2, -0.15) is 35.7 Å². The summed E-state index contributed by atoms with van der Waals surface area (Å²) in [6.07, 6.45) is -11.5. The lowest BCUT2D eigenvalue weighted by atomic mass is 10.0. The number of nitrogen functional groups attached to an aromatic ring is 1. The number of benzene rings is 2. The van der Waals surface area contributed by atoms with Crippen LogP contribution in [0.3, 0.4) is 0 Å². The molecular formula is C36H36F6N8O11S2. The minimum atomic E-state index is -5.08. The van der Waals surface area contributed by atoms with Gasteiger partial charge in [-0.25, -0.2) is 19.2 Å². The second-order valence-electron chi connectivity index (χ2n) is 12.9. The van der Waals surface area contributed by atoms with Crippen LogP contribution < -0.4 is 11.1 Å². The zero-order valence-electron chi connectivity index (χ0n) is 32.7. The molecule has 19 nitrogen and oxygen atoms in total. The maximum absolute atomic E-state index is 14.2. The summed E-state index contributed by atoms with van der Waals surface area (Å²) in [7, 11) is 3.24. The van der Waals surface area contributed by atoms with Gasteiger partial charge in [-0.05, 0) is 18.2 Å². The molecule has 27 heteroatoms. The maximum atomic E-state index is 14.2. The van der Waals surface area contributed by atoms with E-state index < -0.39 is 65.7 Å². The lowest BCUT2D eigenvalue weighted by molar-refractivity contribution is -0.193. The number of halogens is 6. The van der Waals surface area contributed by atoms with Gasteiger partial charge in [0, 0.05) is 49.0 Å². The van der Waals surface area contributed by atoms with Crippen LogP contribution in [0.5, 0.6) is 0 Å². The molecule has 0 spiro atoms. The number of β-lactam (4-membered cyclic amide) rings is 1. The predicted molar refractivity (Wildman–Crippen MR) is 209 cm³/mol. The molecule has 340 valence electrons. The molecule has 1 unspecified atom stereocenters. The Morgan fingerprint density at radius 2 is 1.44 bits per heavy atom. The number of thioether (sulfide) groups is 1. The number of hydrogen-bond acceptors (Lipinski definition) is 16. The molecule has 3 aliphatic heterocycles. The number of aromatic nitrogens is 2. The molecule has 63 heavy (non-hydrogen) atoms. The highest BCUT2D eigenvalue weighted by atomic mass is 32.2. The third-order valence-electron chi connectivity index (χ3n) is 8.62. The first-order valence-corrected chi connectivity index (χ1v) is 19.7. The van der Waals surface area contributed by atoms with Crippen molar-refractivity contribution in [1.82, 2.24) is 29.4 Å². The van der Waals surface area contributed by atoms with Gasteiger partial charge in [0.15, 0.2) is 11.2 Å². The molecule has 0 bridgehead atoms. The summed E-state index contributed by atoms with van der Waals surface area (Å²) in [5.41, 5.74) is 7.27. The Balaban J connectivity index is 0.000000537. The molecule has 5 N–H and O–H groups in total. The molecule has 0 radical (unpaired) electrons. The number of fused-ring (bicyclic) bond motifs is 1. The summed E-state index contributed by atoms with van der Waals surface area (Å²) >= 11 is 2.19. The van der Waals surface area contributed by atoms with Crippen LogP contribution in [-0.4, -0.2) is 152 Å². The number of hydrogen-bond donors (Lipinski definition) is 4. The van der Waals surface area contributed by atoms with E-state index in [4.69, 9.17) is 39.8 Å². The number of nitrogens with two attached hydrogens (primary N) is 1. The zero-order chi connectivity index (χ0) is 46.6. The molecule has 6 rings (SSSR count). The number of carboxylic acid groups (broad SMARTS) is 2. The molecule has 2 saturated heterocycles. The van der Waals surface area contributed by atoms with E-state index in [1.165, 1.54) is 23.8 Å². The van der Waals surface area contributed by atoms with Crippen LogP contribution >= 0.6 is 23.3 Å². The fourth-order valence-electron chi connectivity index (χ4n) is 5.58. The van der Waals surface area contributed by atoms with Gasteiger partial charge in [0.25, 0.3) is 11.8 Å². The van der Waals surface area contributed by atoms with Crippen LogP contribution in [0.15, 0.2) is 77.1 Å². The largest absolute Gasteiger partial charge is 0.490 e. The quantitative estimate of drug-likeness (QED) is 0.0749. The van der Waals surface area contributed by atoms with Crippen LogP contribution in [0.25, 0.3) is 0 Å². The number of carbonyl (C=O) groups excluding carboxylic acids is 4. The Morgan fingerprint density at radius 3 is 1.90 bits per heavy atom. The number of aliphatic carboxylic acids is 2. The minimum Gasteiger partial charge on any atom is -0.475 e. The van der Waals surface area contributed by atoms with E-state index in [2.05, 4.69) is 24.7 Å². The second kappa shape index (κ2) is 21.5. The van der Waals surface area contributed by atoms with Crippen molar-refractivity contribution in [2.24, 2.45) is 5.16 Å². The first kappa shape index (κ1) is 49.2. The normalized spacial score (nSPS) is 17.8. The average Bonchev–Trinajstić information content (AvgIpc) is 3.68. The molecule has 3 aliphatic rings. The number of nitrogens with one attached hydrogen (secondary N) is 1. The number of carboxylic acids is 2. The Morgan fingerprint density at radius 1 is 0.921 bits per heavy atom. The number of oxime groups is 1. The first-order valence-electron chi connectivity index (χ1n) is 17.8. The van der Waals surface area contributed by atoms with Crippen molar-refractivity contribution >= 4 is 70.0 Å². The number of amides is 3. The van der Waals surface area contributed by atoms with Gasteiger partial charge >= 0.3 is 36.4 Å². The van der Waals surface area contributed by atoms with Crippen LogP contribution in [0.4, 0.5) is 36.3 Å². The van der Waals surface area contributed by atoms with Gasteiger partial charge < -0.3 is 45.4 Å². The molecule has 2 fully saturated rings. The van der Waals surface area contributed by atoms with Gasteiger partial charge in [-0.3, -0.25) is 14.5 Å². The third-order valence-corrected chi connectivity index (χ3v) is 10.5. The van der Waals surface area contributed by atoms with Gasteiger partial charge in [0.1, 0.15) is 30.8 Å². The molecule has 0 saturated carbocycles. The molecule has 3 aromatic rings. The lowest BCUT2D eigenvalue weighted by Crippen LogP contribution is -2.71. The van der Waals surface area contributed by atoms with E-state index >= 15 is 0 Å². The summed E-state index contributed by atoms with van der Waals surface area (Å²) in [6.45, 7) is 2.23. The van der Waals surface area contributed by atoms with Crippen molar-refractivity contribution in [3.63, 3.8) is 0 Å². The first-order chi connectivity index (χ1) is 29.6. The smallest absolute Gasteiger partial charge is 0.475 e. The number of likely N-dealkylation sites (N-methyl/N-ethyl adjacent to an activating group) is 1. The Kier molecular flexibility index (Phi) is 16.8. The van der Waals surface area contributed by atoms with Gasteiger partial charge in [-0.1, -0.05) is 65.8 Å². The predicted octanol–water partition coefficient (Wildman–Crippen LogP) is 3.11. The standard InChI is InChI=1S/C32H34N8O7S2.2C2HF3O2/c1-38-13-15-39(16-14-38)32(44)46-17-21-18-48-29-23(34-27(41)22(36-45-2)26-35-31(33)49-37-26)28(42)40(29)24(21)30(43)47-25(19-9-5-3-6-10-19)20-11-7-4-8-12-20;2*3-2(4,5)1(6)7/h3-12,23,25,29H,13-18H2,1-2H3,(H,34,41)(H2,33,35,37);2*(H,6,7)/t23?,29-;;/m1../s1. The second-order valence-corrected chi connectivity index (χ2v) is 14.8. The van der Waals surface area contributed by atoms with E-state index in [1.54, 1.807) is 4.90 Å². The Bertz CT molecular complexity index is 2130. The van der Waals surface area contributed by atoms with E-state index in [0.29, 0.717) is 31.8 Å². The minimum absolute atomic E-state index is 0.0259. The van der Waals surface area contributed by atoms with Crippen LogP contribution in [0, 0.1) is 0 Å². The molecule has 2 aromatic carbocycles. The number of nitrogens with zero attached hydrogens (tertiary/aromatic N) is 6. The molecule has 2 atom stereocenters. The van der Waals surface area contributed by atoms with Crippen molar-refractivity contribution < 1.29 is 79.6 Å². The number of anilines is 1. The van der Waals surface area contributed by atoms with Gasteiger partial charge in [0.2, 0.25) is 11.5 Å². The highest BCUT2D eigenvalue weighted by molar-refractivity contribution is 8.00. The Hall–Kier alpha value is -6.48. The lowest BCUT2D eigenvalue weighted by Gasteiger charge is -2.49. The molecule has 0 aliphatic carbocycles. The number of ether oxygens (including phenoxy) is 2. The molecule has 3 amide bonds. The monoisotopic (exact) mass is 934 g/mol. The highest BCUT2D eigenvalue weighted by Crippen LogP contribution is 2.42. The number of carbonyl (C=O) groups is 6. The van der Waals surface area contributed by atoms with Crippen LogP contribution in [0.1, 0.15) is 23.1 Å². The SMILES string of the molecule is CON=C(C(=O)NC1C(=O)N2C(C(=O)OC(c3ccccc3)c3ccccc3)=C(COC(=O)N3CCN(C)CC3)CS[C@H]12)c1nsc(N)n1.O=C(O)C(F)(F)F.O=C(O)C(F)(F)F. The number of alkyl halides is 6. The van der Waals surface area contributed by atoms with Crippen molar-refractivity contribution in [2.45, 2.75) is 29.9 Å². The average molecular weight is 935 g/mol. The van der Waals surface area contributed by atoms with Gasteiger partial charge in [-0.15, -0.1) is 11.8 Å². The summed E-state index contributed by atoms with van der Waals surface area (Å²) in [6, 6.07) is 17.5. The molecular weight excluding hydrogens is 899 g/mol. The van der Waals surface area contributed by atoms with Crippen molar-refractivity contribution in [1.29, 1.82) is 0 Å². The zero-order valence-corrected chi connectivity index (χ0v) is 34.3. The van der Waals surface area contributed by atoms with E-state index in [1.807, 2.05) is 67.7 Å². The summed E-state index contributed by atoms with van der Waals surface area (Å²) in [5.74, 6) is -7.42. The number of piperazine rings is 1. The Labute approximate surface area is 360 Å². The summed E-state index contributed by atoms with van der Waals surface area (Å²) in [5, 5.41) is 20.1. The maximum Gasteiger partial charge on any atom is 0.490 e. The third kappa shape index (κ3) is 13.3. The number of esters is 1. The molecule has 1 aromatic heterocycles. The van der Waals surface area contributed by atoms with Crippen LogP contribution in [-0.2, 0) is 38.3 Å². The van der Waals surface area contributed by atoms with Gasteiger partial charge in [0.05, 0.1) is 0 Å². The summed E-state index contributed by atoms with van der Waals surface area (Å²) in [4.78, 5) is 85.8. The van der Waals surface area contributed by atoms with E-state index in [0.717, 1.165) is 22.7 Å². The van der Waals surface area contributed by atoms with Crippen molar-refractivity contribution in [2.75, 3.05) is 58.4 Å². The van der Waals surface area contributed by atoms with Crippen LogP contribution in [0.2, 0.25) is 0 Å². The molecule has 4 heterocycles. The topological polar surface area (TPSA) is 256 Å².